The van der Waals surface area contributed by atoms with Crippen LogP contribution in [0.1, 0.15) is 29.3 Å². The summed E-state index contributed by atoms with van der Waals surface area (Å²) in [4.78, 5) is 10.8. The second-order valence-corrected chi connectivity index (χ2v) is 4.80. The van der Waals surface area contributed by atoms with Gasteiger partial charge in [-0.3, -0.25) is 9.48 Å². The van der Waals surface area contributed by atoms with Crippen LogP contribution in [0.25, 0.3) is 0 Å². The van der Waals surface area contributed by atoms with Gasteiger partial charge >= 0.3 is 6.18 Å². The van der Waals surface area contributed by atoms with Crippen molar-refractivity contribution in [2.24, 2.45) is 11.7 Å². The predicted octanol–water partition coefficient (Wildman–Crippen LogP) is 1.60. The summed E-state index contributed by atoms with van der Waals surface area (Å²) in [6, 6.07) is 0. The van der Waals surface area contributed by atoms with E-state index in [0.29, 0.717) is 4.68 Å². The molecule has 2 aliphatic rings. The topological polar surface area (TPSA) is 60.9 Å². The molecule has 2 unspecified atom stereocenters. The van der Waals surface area contributed by atoms with Crippen molar-refractivity contribution in [3.05, 3.63) is 17.0 Å². The molecule has 1 fully saturated rings. The number of carbonyl (C=O) groups is 1. The molecule has 0 aliphatic heterocycles. The zero-order valence-electron chi connectivity index (χ0n) is 9.34. The van der Waals surface area contributed by atoms with Crippen molar-refractivity contribution in [1.82, 2.24) is 9.78 Å². The van der Waals surface area contributed by atoms with Crippen LogP contribution in [0.2, 0.25) is 0 Å². The number of halogens is 5. The number of fused-ring (bicyclic) bond motifs is 3. The minimum Gasteiger partial charge on any atom is -0.368 e. The van der Waals surface area contributed by atoms with Gasteiger partial charge in [-0.15, -0.1) is 0 Å². The van der Waals surface area contributed by atoms with Gasteiger partial charge in [0.25, 0.3) is 5.92 Å². The number of hydrogen-bond acceptors (Lipinski definition) is 2. The summed E-state index contributed by atoms with van der Waals surface area (Å²) >= 11 is 0. The number of amides is 1. The molecule has 0 aromatic carbocycles. The van der Waals surface area contributed by atoms with Gasteiger partial charge in [0.2, 0.25) is 5.91 Å². The summed E-state index contributed by atoms with van der Waals surface area (Å²) < 4.78 is 66.6. The zero-order valence-corrected chi connectivity index (χ0v) is 9.34. The average molecular weight is 281 g/mol. The van der Waals surface area contributed by atoms with Crippen molar-refractivity contribution in [2.75, 3.05) is 0 Å². The second kappa shape index (κ2) is 3.26. The van der Waals surface area contributed by atoms with E-state index in [9.17, 15) is 26.7 Å². The molecule has 0 spiro atoms. The fraction of sp³-hybridized carbons (Fsp3) is 0.600. The van der Waals surface area contributed by atoms with Crippen molar-refractivity contribution < 1.29 is 26.7 Å². The lowest BCUT2D eigenvalue weighted by molar-refractivity contribution is -0.142. The van der Waals surface area contributed by atoms with E-state index in [1.807, 2.05) is 0 Å². The van der Waals surface area contributed by atoms with Gasteiger partial charge < -0.3 is 5.73 Å². The van der Waals surface area contributed by atoms with Gasteiger partial charge in [0.1, 0.15) is 12.2 Å². The average Bonchev–Trinajstić information content (AvgIpc) is 2.87. The first kappa shape index (κ1) is 12.4. The fourth-order valence-electron chi connectivity index (χ4n) is 2.74. The molecule has 0 radical (unpaired) electrons. The first-order valence-corrected chi connectivity index (χ1v) is 5.48. The largest absolute Gasteiger partial charge is 0.435 e. The number of rotatable bonds is 2. The first-order valence-electron chi connectivity index (χ1n) is 5.48. The molecule has 3 rings (SSSR count). The van der Waals surface area contributed by atoms with Crippen LogP contribution in [0.4, 0.5) is 22.0 Å². The standard InChI is InChI=1S/C10H8F5N3O/c11-9(12)4-1-3(4)6-7(10(13,14)15)17-18(8(6)9)2-5(16)19/h3-4H,1-2H2,(H2,16,19). The van der Waals surface area contributed by atoms with Crippen molar-refractivity contribution in [3.63, 3.8) is 0 Å². The molecule has 1 heterocycles. The van der Waals surface area contributed by atoms with Crippen LogP contribution in [0.5, 0.6) is 0 Å². The number of aromatic nitrogens is 2. The van der Waals surface area contributed by atoms with Crippen LogP contribution in [-0.2, 0) is 23.4 Å². The number of carbonyl (C=O) groups excluding carboxylic acids is 1. The molecule has 2 atom stereocenters. The summed E-state index contributed by atoms with van der Waals surface area (Å²) in [5.74, 6) is -6.33. The number of hydrogen-bond donors (Lipinski definition) is 1. The van der Waals surface area contributed by atoms with Gasteiger partial charge in [-0.1, -0.05) is 0 Å². The van der Waals surface area contributed by atoms with Crippen molar-refractivity contribution in [1.29, 1.82) is 0 Å². The Morgan fingerprint density at radius 1 is 1.47 bits per heavy atom. The van der Waals surface area contributed by atoms with E-state index in [-0.39, 0.29) is 6.42 Å². The summed E-state index contributed by atoms with van der Waals surface area (Å²) in [6.07, 6.45) is -4.80. The highest BCUT2D eigenvalue weighted by molar-refractivity contribution is 5.73. The third-order valence-corrected chi connectivity index (χ3v) is 3.51. The summed E-state index contributed by atoms with van der Waals surface area (Å²) in [5.41, 5.74) is 2.25. The monoisotopic (exact) mass is 281 g/mol. The Balaban J connectivity index is 2.19. The minimum absolute atomic E-state index is 0.0192. The third kappa shape index (κ3) is 1.56. The molecule has 9 heteroatoms. The first-order chi connectivity index (χ1) is 8.64. The summed E-state index contributed by atoms with van der Waals surface area (Å²) in [6.45, 7) is -0.784. The lowest BCUT2D eigenvalue weighted by Gasteiger charge is -2.14. The SMILES string of the molecule is NC(=O)Cn1nc(C(F)(F)F)c2c1C(F)(F)C1CC21. The van der Waals surface area contributed by atoms with E-state index >= 15 is 0 Å². The molecule has 0 bridgehead atoms. The van der Waals surface area contributed by atoms with Crippen LogP contribution in [-0.4, -0.2) is 15.7 Å². The van der Waals surface area contributed by atoms with E-state index in [0.717, 1.165) is 0 Å². The number of alkyl halides is 5. The molecule has 1 amide bonds. The highest BCUT2D eigenvalue weighted by atomic mass is 19.4. The Kier molecular flexibility index (Phi) is 2.12. The normalized spacial score (nSPS) is 27.0. The quantitative estimate of drug-likeness (QED) is 0.837. The minimum atomic E-state index is -4.82. The Labute approximate surface area is 103 Å². The maximum absolute atomic E-state index is 13.9. The third-order valence-electron chi connectivity index (χ3n) is 3.51. The van der Waals surface area contributed by atoms with Gasteiger partial charge in [-0.05, 0) is 12.3 Å². The van der Waals surface area contributed by atoms with Crippen LogP contribution in [0.15, 0.2) is 0 Å². The van der Waals surface area contributed by atoms with Crippen molar-refractivity contribution >= 4 is 5.91 Å². The zero-order chi connectivity index (χ0) is 14.2. The Morgan fingerprint density at radius 2 is 2.11 bits per heavy atom. The lowest BCUT2D eigenvalue weighted by atomic mass is 10.1. The molecule has 0 saturated heterocycles. The Hall–Kier alpha value is -1.67. The molecular weight excluding hydrogens is 273 g/mol. The fourth-order valence-corrected chi connectivity index (χ4v) is 2.74. The van der Waals surface area contributed by atoms with E-state index in [1.54, 1.807) is 0 Å². The van der Waals surface area contributed by atoms with Crippen LogP contribution in [0.3, 0.4) is 0 Å². The highest BCUT2D eigenvalue weighted by Crippen LogP contribution is 2.68. The lowest BCUT2D eigenvalue weighted by Crippen LogP contribution is -2.26. The Bertz CT molecular complexity index is 576. The molecular formula is C10H8F5N3O. The van der Waals surface area contributed by atoms with Crippen LogP contribution < -0.4 is 5.73 Å². The van der Waals surface area contributed by atoms with Gasteiger partial charge in [-0.25, -0.2) is 0 Å². The molecule has 19 heavy (non-hydrogen) atoms. The predicted molar refractivity (Wildman–Crippen MR) is 51.2 cm³/mol. The van der Waals surface area contributed by atoms with E-state index in [4.69, 9.17) is 5.73 Å². The van der Waals surface area contributed by atoms with Crippen LogP contribution >= 0.6 is 0 Å². The summed E-state index contributed by atoms with van der Waals surface area (Å²) in [7, 11) is 0. The molecule has 104 valence electrons. The molecule has 2 aliphatic carbocycles. The Morgan fingerprint density at radius 3 is 2.63 bits per heavy atom. The maximum atomic E-state index is 13.9. The van der Waals surface area contributed by atoms with Gasteiger partial charge in [0.15, 0.2) is 5.69 Å². The van der Waals surface area contributed by atoms with E-state index in [1.165, 1.54) is 0 Å². The van der Waals surface area contributed by atoms with Gasteiger partial charge in [0, 0.05) is 11.5 Å². The van der Waals surface area contributed by atoms with Crippen molar-refractivity contribution in [2.45, 2.75) is 31.0 Å². The molecule has 1 aromatic rings. The van der Waals surface area contributed by atoms with Gasteiger partial charge in [-0.2, -0.15) is 27.1 Å². The molecule has 1 aromatic heterocycles. The van der Waals surface area contributed by atoms with Crippen LogP contribution in [0, 0.1) is 5.92 Å². The molecule has 4 nitrogen and oxygen atoms in total. The van der Waals surface area contributed by atoms with E-state index in [2.05, 4.69) is 5.10 Å². The number of nitrogens with two attached hydrogens (primary N) is 1. The molecule has 1 saturated carbocycles. The van der Waals surface area contributed by atoms with Crippen molar-refractivity contribution in [3.8, 4) is 0 Å². The second-order valence-electron chi connectivity index (χ2n) is 4.80. The van der Waals surface area contributed by atoms with Gasteiger partial charge in [0.05, 0.1) is 0 Å². The molecule has 2 N–H and O–H groups in total. The maximum Gasteiger partial charge on any atom is 0.435 e. The number of primary amides is 1. The highest BCUT2D eigenvalue weighted by Gasteiger charge is 2.68. The van der Waals surface area contributed by atoms with E-state index < -0.39 is 53.3 Å². The number of nitrogens with zero attached hydrogens (tertiary/aromatic N) is 2. The smallest absolute Gasteiger partial charge is 0.368 e. The summed E-state index contributed by atoms with van der Waals surface area (Å²) in [5, 5.41) is 3.13.